The minimum absolute atomic E-state index is 0.0174. The van der Waals surface area contributed by atoms with Crippen LogP contribution in [0.5, 0.6) is 0 Å². The molecule has 0 unspecified atom stereocenters. The Balaban J connectivity index is 1.77. The van der Waals surface area contributed by atoms with Crippen LogP contribution >= 0.6 is 11.8 Å². The molecule has 148 valence electrons. The van der Waals surface area contributed by atoms with E-state index in [1.807, 2.05) is 18.2 Å². The van der Waals surface area contributed by atoms with Gasteiger partial charge < -0.3 is 9.88 Å². The Morgan fingerprint density at radius 1 is 1.07 bits per heavy atom. The molecule has 0 saturated carbocycles. The van der Waals surface area contributed by atoms with Crippen molar-refractivity contribution < 1.29 is 4.79 Å². The van der Waals surface area contributed by atoms with Gasteiger partial charge in [-0.15, -0.1) is 0 Å². The molecule has 5 heteroatoms. The van der Waals surface area contributed by atoms with Crippen molar-refractivity contribution in [3.8, 4) is 0 Å². The molecule has 0 fully saturated rings. The molecular formula is C23H29N3OS. The van der Waals surface area contributed by atoms with Crippen molar-refractivity contribution in [2.45, 2.75) is 52.2 Å². The van der Waals surface area contributed by atoms with Gasteiger partial charge in [-0.25, -0.2) is 4.98 Å². The lowest BCUT2D eigenvalue weighted by Gasteiger charge is -2.15. The Morgan fingerprint density at radius 3 is 2.39 bits per heavy atom. The summed E-state index contributed by atoms with van der Waals surface area (Å²) >= 11 is 1.51. The third-order valence-electron chi connectivity index (χ3n) is 4.76. The third kappa shape index (κ3) is 4.58. The van der Waals surface area contributed by atoms with Crippen LogP contribution in [0, 0.1) is 5.92 Å². The second-order valence-electron chi connectivity index (χ2n) is 7.38. The van der Waals surface area contributed by atoms with Crippen LogP contribution in [-0.2, 0) is 24.2 Å². The van der Waals surface area contributed by atoms with E-state index < -0.39 is 0 Å². The number of fused-ring (bicyclic) bond motifs is 1. The number of benzene rings is 2. The Morgan fingerprint density at radius 2 is 1.75 bits per heavy atom. The molecule has 0 aliphatic carbocycles. The highest BCUT2D eigenvalue weighted by Gasteiger charge is 2.15. The number of hydrogen-bond acceptors (Lipinski definition) is 3. The van der Waals surface area contributed by atoms with E-state index in [1.54, 1.807) is 0 Å². The standard InChI is InChI=1S/C23H29N3OS/c1-5-17-10-9-11-18(6-2)22(17)25-21(27)15-28-23-24-19-12-7-8-13-20(19)26(23)14-16(3)4/h7-13,16H,5-6,14-15H2,1-4H3,(H,25,27). The molecule has 2 aromatic carbocycles. The SMILES string of the molecule is CCc1cccc(CC)c1NC(=O)CSc1nc2ccccc2n1CC(C)C. The maximum atomic E-state index is 12.7. The third-order valence-corrected chi connectivity index (χ3v) is 5.74. The van der Waals surface area contributed by atoms with Crippen LogP contribution in [0.4, 0.5) is 5.69 Å². The average molecular weight is 396 g/mol. The first-order valence-corrected chi connectivity index (χ1v) is 11.0. The van der Waals surface area contributed by atoms with Gasteiger partial charge in [0.25, 0.3) is 0 Å². The molecule has 0 atom stereocenters. The number of nitrogens with one attached hydrogen (secondary N) is 1. The van der Waals surface area contributed by atoms with Gasteiger partial charge in [-0.3, -0.25) is 4.79 Å². The molecule has 0 radical (unpaired) electrons. The average Bonchev–Trinajstić information content (AvgIpc) is 3.03. The summed E-state index contributed by atoms with van der Waals surface area (Å²) in [4.78, 5) is 17.5. The fourth-order valence-corrected chi connectivity index (χ4v) is 4.24. The van der Waals surface area contributed by atoms with E-state index in [9.17, 15) is 4.79 Å². The fraction of sp³-hybridized carbons (Fsp3) is 0.391. The van der Waals surface area contributed by atoms with E-state index >= 15 is 0 Å². The number of rotatable bonds is 8. The highest BCUT2D eigenvalue weighted by molar-refractivity contribution is 7.99. The van der Waals surface area contributed by atoms with Crippen molar-refractivity contribution in [3.63, 3.8) is 0 Å². The number of amides is 1. The van der Waals surface area contributed by atoms with Crippen molar-refractivity contribution in [1.82, 2.24) is 9.55 Å². The van der Waals surface area contributed by atoms with Crippen LogP contribution in [0.15, 0.2) is 47.6 Å². The quantitative estimate of drug-likeness (QED) is 0.509. The first-order chi connectivity index (χ1) is 13.5. The summed E-state index contributed by atoms with van der Waals surface area (Å²) in [6, 6.07) is 14.4. The van der Waals surface area contributed by atoms with Gasteiger partial charge >= 0.3 is 0 Å². The number of thioether (sulfide) groups is 1. The van der Waals surface area contributed by atoms with Crippen LogP contribution < -0.4 is 5.32 Å². The molecule has 0 saturated heterocycles. The monoisotopic (exact) mass is 395 g/mol. The maximum Gasteiger partial charge on any atom is 0.234 e. The second kappa shape index (κ2) is 9.28. The summed E-state index contributed by atoms with van der Waals surface area (Å²) in [5.41, 5.74) is 5.46. The van der Waals surface area contributed by atoms with E-state index in [-0.39, 0.29) is 5.91 Å². The molecule has 0 bridgehead atoms. The lowest BCUT2D eigenvalue weighted by molar-refractivity contribution is -0.113. The molecule has 1 aromatic heterocycles. The Labute approximate surface area is 171 Å². The molecule has 1 N–H and O–H groups in total. The fourth-order valence-electron chi connectivity index (χ4n) is 3.41. The van der Waals surface area contributed by atoms with Crippen LogP contribution in [0.1, 0.15) is 38.8 Å². The second-order valence-corrected chi connectivity index (χ2v) is 8.33. The van der Waals surface area contributed by atoms with Crippen LogP contribution in [0.3, 0.4) is 0 Å². The number of carbonyl (C=O) groups excluding carboxylic acids is 1. The molecule has 3 aromatic rings. The number of para-hydroxylation sites is 3. The van der Waals surface area contributed by atoms with Gasteiger partial charge in [-0.2, -0.15) is 0 Å². The van der Waals surface area contributed by atoms with Gasteiger partial charge in [0.1, 0.15) is 0 Å². The Bertz CT molecular complexity index is 939. The zero-order valence-electron chi connectivity index (χ0n) is 17.2. The summed E-state index contributed by atoms with van der Waals surface area (Å²) < 4.78 is 2.23. The first kappa shape index (κ1) is 20.5. The Kier molecular flexibility index (Phi) is 6.79. The normalized spacial score (nSPS) is 11.3. The van der Waals surface area contributed by atoms with Crippen LogP contribution in [-0.4, -0.2) is 21.2 Å². The van der Waals surface area contributed by atoms with Gasteiger partial charge in [0.05, 0.1) is 16.8 Å². The predicted molar refractivity (Wildman–Crippen MR) is 119 cm³/mol. The van der Waals surface area contributed by atoms with E-state index in [2.05, 4.69) is 61.8 Å². The summed E-state index contributed by atoms with van der Waals surface area (Å²) in [7, 11) is 0. The first-order valence-electron chi connectivity index (χ1n) is 10.0. The summed E-state index contributed by atoms with van der Waals surface area (Å²) in [5.74, 6) is 0.876. The zero-order valence-corrected chi connectivity index (χ0v) is 18.0. The van der Waals surface area contributed by atoms with Crippen molar-refractivity contribution >= 4 is 34.4 Å². The molecule has 4 nitrogen and oxygen atoms in total. The van der Waals surface area contributed by atoms with Crippen molar-refractivity contribution in [2.75, 3.05) is 11.1 Å². The summed E-state index contributed by atoms with van der Waals surface area (Å²) in [5, 5.41) is 4.06. The van der Waals surface area contributed by atoms with E-state index in [0.717, 1.165) is 41.3 Å². The topological polar surface area (TPSA) is 46.9 Å². The van der Waals surface area contributed by atoms with Gasteiger partial charge in [0, 0.05) is 12.2 Å². The number of aromatic nitrogens is 2. The molecule has 28 heavy (non-hydrogen) atoms. The van der Waals surface area contributed by atoms with Gasteiger partial charge in [-0.1, -0.05) is 69.8 Å². The molecular weight excluding hydrogens is 366 g/mol. The number of nitrogens with zero attached hydrogens (tertiary/aromatic N) is 2. The van der Waals surface area contributed by atoms with Crippen molar-refractivity contribution in [1.29, 1.82) is 0 Å². The zero-order chi connectivity index (χ0) is 20.1. The van der Waals surface area contributed by atoms with Crippen LogP contribution in [0.25, 0.3) is 11.0 Å². The predicted octanol–water partition coefficient (Wildman–Crippen LogP) is 5.55. The van der Waals surface area contributed by atoms with E-state index in [0.29, 0.717) is 11.7 Å². The maximum absolute atomic E-state index is 12.7. The van der Waals surface area contributed by atoms with E-state index in [4.69, 9.17) is 4.98 Å². The van der Waals surface area contributed by atoms with Crippen molar-refractivity contribution in [2.24, 2.45) is 5.92 Å². The van der Waals surface area contributed by atoms with Gasteiger partial charge in [-0.05, 0) is 42.0 Å². The minimum atomic E-state index is 0.0174. The molecule has 3 rings (SSSR count). The summed E-state index contributed by atoms with van der Waals surface area (Å²) in [6.07, 6.45) is 1.81. The van der Waals surface area contributed by atoms with Crippen LogP contribution in [0.2, 0.25) is 0 Å². The Hall–Kier alpha value is -2.27. The number of carbonyl (C=O) groups is 1. The van der Waals surface area contributed by atoms with Gasteiger partial charge in [0.2, 0.25) is 5.91 Å². The molecule has 0 aliphatic rings. The highest BCUT2D eigenvalue weighted by atomic mass is 32.2. The molecule has 1 amide bonds. The lowest BCUT2D eigenvalue weighted by atomic mass is 10.0. The number of aryl methyl sites for hydroxylation is 2. The number of hydrogen-bond donors (Lipinski definition) is 1. The number of imidazole rings is 1. The minimum Gasteiger partial charge on any atom is -0.325 e. The number of anilines is 1. The molecule has 1 heterocycles. The van der Waals surface area contributed by atoms with Gasteiger partial charge in [0.15, 0.2) is 5.16 Å². The molecule has 0 spiro atoms. The summed E-state index contributed by atoms with van der Waals surface area (Å²) in [6.45, 7) is 9.53. The highest BCUT2D eigenvalue weighted by Crippen LogP contribution is 2.27. The van der Waals surface area contributed by atoms with Crippen molar-refractivity contribution in [3.05, 3.63) is 53.6 Å². The van der Waals surface area contributed by atoms with E-state index in [1.165, 1.54) is 22.9 Å². The molecule has 0 aliphatic heterocycles. The largest absolute Gasteiger partial charge is 0.325 e. The smallest absolute Gasteiger partial charge is 0.234 e. The lowest BCUT2D eigenvalue weighted by Crippen LogP contribution is -2.17.